The van der Waals surface area contributed by atoms with E-state index in [-0.39, 0.29) is 17.6 Å². The minimum absolute atomic E-state index is 0.0459. The van der Waals surface area contributed by atoms with E-state index in [2.05, 4.69) is 10.2 Å². The zero-order chi connectivity index (χ0) is 23.5. The van der Waals surface area contributed by atoms with E-state index in [1.807, 2.05) is 66.9 Å². The maximum absolute atomic E-state index is 13.5. The number of thiol groups is 1. The number of benzene rings is 2. The van der Waals surface area contributed by atoms with Crippen molar-refractivity contribution in [1.29, 1.82) is 0 Å². The number of quaternary nitrogens is 1. The van der Waals surface area contributed by atoms with E-state index in [0.717, 1.165) is 57.6 Å². The third kappa shape index (κ3) is 4.84. The highest BCUT2D eigenvalue weighted by Crippen LogP contribution is 2.45. The number of ether oxygens (including phenoxy) is 1. The topological polar surface area (TPSA) is 55.3 Å². The molecule has 2 bridgehead atoms. The summed E-state index contributed by atoms with van der Waals surface area (Å²) in [6.45, 7) is 3.31. The Morgan fingerprint density at radius 3 is 2.47 bits per heavy atom. The Morgan fingerprint density at radius 2 is 1.82 bits per heavy atom. The number of fused-ring (bicyclic) bond motifs is 3. The first-order chi connectivity index (χ1) is 16.6. The van der Waals surface area contributed by atoms with Gasteiger partial charge in [0.05, 0.1) is 19.6 Å². The molecule has 2 aromatic carbocycles. The average molecular weight is 514 g/mol. The molecule has 1 amide bonds. The number of hydrogen-bond acceptors (Lipinski definition) is 7. The van der Waals surface area contributed by atoms with Crippen molar-refractivity contribution in [3.05, 3.63) is 71.2 Å². The summed E-state index contributed by atoms with van der Waals surface area (Å²) in [6, 6.07) is 19.8. The first-order valence-electron chi connectivity index (χ1n) is 11.6. The molecule has 3 saturated heterocycles. The summed E-state index contributed by atoms with van der Waals surface area (Å²) in [7, 11) is 0. The van der Waals surface area contributed by atoms with Gasteiger partial charge in [-0.05, 0) is 24.0 Å². The van der Waals surface area contributed by atoms with E-state index >= 15 is 0 Å². The molecule has 6 nitrogen and oxygen atoms in total. The number of thioether (sulfide) groups is 1. The lowest BCUT2D eigenvalue weighted by molar-refractivity contribution is -0.959. The third-order valence-corrected chi connectivity index (χ3v) is 9.88. The number of hydrogen-bond donors (Lipinski definition) is 1. The molecular weight excluding hydrogens is 485 g/mol. The molecule has 3 aliphatic rings. The number of para-hydroxylation sites is 1. The molecule has 0 spiro atoms. The number of rotatable bonds is 7. The maximum Gasteiger partial charge on any atom is 0.415 e. The predicted molar refractivity (Wildman–Crippen MR) is 140 cm³/mol. The fourth-order valence-electron chi connectivity index (χ4n) is 5.11. The summed E-state index contributed by atoms with van der Waals surface area (Å²) in [6.07, 6.45) is 3.67. The number of amides is 1. The smallest absolute Gasteiger partial charge is 0.415 e. The fraction of sp³-hybridized carbons (Fsp3) is 0.400. The molecule has 3 aromatic rings. The van der Waals surface area contributed by atoms with Gasteiger partial charge in [-0.25, -0.2) is 4.79 Å². The van der Waals surface area contributed by atoms with E-state index in [9.17, 15) is 4.79 Å². The van der Waals surface area contributed by atoms with Gasteiger partial charge in [-0.2, -0.15) is 0 Å². The zero-order valence-corrected chi connectivity index (χ0v) is 21.6. The summed E-state index contributed by atoms with van der Waals surface area (Å²) in [5.41, 5.74) is 1.91. The van der Waals surface area contributed by atoms with Crippen molar-refractivity contribution in [2.75, 3.05) is 30.8 Å². The monoisotopic (exact) mass is 513 g/mol. The standard InChI is InChI=1S/C25H28N4O2S3/c1-33-24-27-26-22(34-24)23(32)29-14-12-19(13-15-29)21(17-29)31-25(30)28(20-10-6-3-7-11-20)16-18-8-4-2-5-9-18/h2-11,19,21,23H,12-17H2,1H3/p+1/t19?,21-,23?,29?/m0/s1. The van der Waals surface area contributed by atoms with Crippen molar-refractivity contribution in [2.24, 2.45) is 5.92 Å². The van der Waals surface area contributed by atoms with Crippen LogP contribution in [0.5, 0.6) is 0 Å². The van der Waals surface area contributed by atoms with Crippen LogP contribution in [0.15, 0.2) is 65.0 Å². The van der Waals surface area contributed by atoms with E-state index in [4.69, 9.17) is 17.4 Å². The molecular formula is C25H29N4O2S3+. The van der Waals surface area contributed by atoms with E-state index in [0.29, 0.717) is 12.5 Å². The molecule has 3 aliphatic heterocycles. The van der Waals surface area contributed by atoms with Crippen molar-refractivity contribution in [2.45, 2.75) is 35.2 Å². The molecule has 34 heavy (non-hydrogen) atoms. The lowest BCUT2D eigenvalue weighted by atomic mass is 9.83. The van der Waals surface area contributed by atoms with Crippen molar-refractivity contribution in [1.82, 2.24) is 10.2 Å². The molecule has 0 radical (unpaired) electrons. The highest BCUT2D eigenvalue weighted by atomic mass is 32.2. The molecule has 9 heteroatoms. The maximum atomic E-state index is 13.5. The van der Waals surface area contributed by atoms with Gasteiger partial charge in [0.2, 0.25) is 0 Å². The number of anilines is 1. The molecule has 3 fully saturated rings. The Kier molecular flexibility index (Phi) is 7.15. The molecule has 1 aromatic heterocycles. The lowest BCUT2D eigenvalue weighted by Gasteiger charge is -2.53. The van der Waals surface area contributed by atoms with Gasteiger partial charge in [-0.1, -0.05) is 71.6 Å². The first-order valence-corrected chi connectivity index (χ1v) is 14.1. The second-order valence-corrected chi connectivity index (χ2v) is 11.6. The largest absolute Gasteiger partial charge is 0.440 e. The summed E-state index contributed by atoms with van der Waals surface area (Å²) in [4.78, 5) is 15.3. The molecule has 2 atom stereocenters. The quantitative estimate of drug-likeness (QED) is 0.252. The van der Waals surface area contributed by atoms with Crippen LogP contribution in [0, 0.1) is 5.92 Å². The van der Waals surface area contributed by atoms with Gasteiger partial charge in [-0.15, -0.1) is 22.8 Å². The molecule has 0 N–H and O–H groups in total. The van der Waals surface area contributed by atoms with Crippen LogP contribution >= 0.6 is 35.7 Å². The summed E-state index contributed by atoms with van der Waals surface area (Å²) in [5, 5.41) is 9.59. The molecule has 4 heterocycles. The van der Waals surface area contributed by atoms with Crippen LogP contribution in [0.1, 0.15) is 28.8 Å². The fourth-order valence-corrected chi connectivity index (χ4v) is 7.03. The van der Waals surface area contributed by atoms with Crippen LogP contribution in [0.2, 0.25) is 0 Å². The molecule has 0 saturated carbocycles. The van der Waals surface area contributed by atoms with E-state index in [1.165, 1.54) is 0 Å². The number of nitrogens with zero attached hydrogens (tertiary/aromatic N) is 4. The summed E-state index contributed by atoms with van der Waals surface area (Å²) in [5.74, 6) is 0.398. The van der Waals surface area contributed by atoms with Crippen molar-refractivity contribution in [3.63, 3.8) is 0 Å². The average Bonchev–Trinajstić information content (AvgIpc) is 3.38. The van der Waals surface area contributed by atoms with Crippen LogP contribution in [0.3, 0.4) is 0 Å². The van der Waals surface area contributed by atoms with Crippen molar-refractivity contribution < 1.29 is 14.0 Å². The van der Waals surface area contributed by atoms with Crippen LogP contribution in [0.25, 0.3) is 0 Å². The second-order valence-electron chi connectivity index (χ2n) is 9.00. The van der Waals surface area contributed by atoms with Gasteiger partial charge in [0.25, 0.3) is 0 Å². The lowest BCUT2D eigenvalue weighted by Crippen LogP contribution is -2.65. The summed E-state index contributed by atoms with van der Waals surface area (Å²) < 4.78 is 8.01. The highest BCUT2D eigenvalue weighted by Gasteiger charge is 2.52. The third-order valence-electron chi connectivity index (χ3n) is 7.02. The Hall–Kier alpha value is -2.07. The zero-order valence-electron chi connectivity index (χ0n) is 19.1. The van der Waals surface area contributed by atoms with E-state index in [1.54, 1.807) is 28.0 Å². The van der Waals surface area contributed by atoms with Gasteiger partial charge in [0.15, 0.2) is 20.8 Å². The normalized spacial score (nSPS) is 24.5. The Balaban J connectivity index is 1.34. The van der Waals surface area contributed by atoms with Gasteiger partial charge in [0.1, 0.15) is 6.54 Å². The van der Waals surface area contributed by atoms with Gasteiger partial charge in [0, 0.05) is 24.4 Å². The Bertz CT molecular complexity index is 1100. The van der Waals surface area contributed by atoms with Crippen LogP contribution in [-0.4, -0.2) is 52.8 Å². The number of piperidine rings is 3. The molecule has 1 unspecified atom stereocenters. The molecule has 178 valence electrons. The molecule has 6 rings (SSSR count). The number of aromatic nitrogens is 2. The highest BCUT2D eigenvalue weighted by molar-refractivity contribution is 8.00. The predicted octanol–water partition coefficient (Wildman–Crippen LogP) is 5.64. The van der Waals surface area contributed by atoms with Crippen molar-refractivity contribution in [3.8, 4) is 0 Å². The Morgan fingerprint density at radius 1 is 1.15 bits per heavy atom. The van der Waals surface area contributed by atoms with Gasteiger partial charge in [-0.3, -0.25) is 4.90 Å². The van der Waals surface area contributed by atoms with Crippen LogP contribution in [0.4, 0.5) is 10.5 Å². The van der Waals surface area contributed by atoms with Crippen LogP contribution in [-0.2, 0) is 11.3 Å². The Labute approximate surface area is 214 Å². The second kappa shape index (κ2) is 10.3. The minimum Gasteiger partial charge on any atom is -0.440 e. The number of carbonyl (C=O) groups is 1. The minimum atomic E-state index is -0.289. The van der Waals surface area contributed by atoms with Gasteiger partial charge < -0.3 is 9.22 Å². The first kappa shape index (κ1) is 23.7. The van der Waals surface area contributed by atoms with E-state index < -0.39 is 0 Å². The van der Waals surface area contributed by atoms with Crippen LogP contribution < -0.4 is 4.90 Å². The summed E-state index contributed by atoms with van der Waals surface area (Å²) >= 11 is 8.25. The van der Waals surface area contributed by atoms with Gasteiger partial charge >= 0.3 is 6.09 Å². The van der Waals surface area contributed by atoms with Crippen molar-refractivity contribution >= 4 is 47.5 Å². The molecule has 0 aliphatic carbocycles. The SMILES string of the molecule is CSc1nnc(C(S)[N+]23CCC(CC2)[C@@H](OC(=O)N(Cc2ccccc2)c2ccccc2)C3)s1. The number of carbonyl (C=O) groups excluding carboxylic acids is 1.